The fourth-order valence-electron chi connectivity index (χ4n) is 1.94. The third-order valence-corrected chi connectivity index (χ3v) is 4.12. The molecule has 0 bridgehead atoms. The van der Waals surface area contributed by atoms with E-state index in [2.05, 4.69) is 21.2 Å². The number of halogens is 3. The second-order valence-corrected chi connectivity index (χ2v) is 6.01. The zero-order chi connectivity index (χ0) is 15.4. The van der Waals surface area contributed by atoms with Gasteiger partial charge in [-0.3, -0.25) is 0 Å². The minimum absolute atomic E-state index is 0.514. The third kappa shape index (κ3) is 3.96. The van der Waals surface area contributed by atoms with Crippen molar-refractivity contribution in [2.24, 2.45) is 0 Å². The summed E-state index contributed by atoms with van der Waals surface area (Å²) in [6.45, 7) is 0.566. The zero-order valence-electron chi connectivity index (χ0n) is 11.5. The van der Waals surface area contributed by atoms with Crippen molar-refractivity contribution in [1.29, 1.82) is 0 Å². The lowest BCUT2D eigenvalue weighted by Crippen LogP contribution is -2.03. The molecule has 21 heavy (non-hydrogen) atoms. The van der Waals surface area contributed by atoms with Gasteiger partial charge in [-0.15, -0.1) is 0 Å². The van der Waals surface area contributed by atoms with Crippen LogP contribution in [-0.2, 0) is 6.54 Å². The van der Waals surface area contributed by atoms with E-state index in [9.17, 15) is 0 Å². The number of ether oxygens (including phenoxy) is 2. The SMILES string of the molecule is COc1cc(Br)cc(CNc2ccc(Cl)c(Cl)c2)c1OC. The summed E-state index contributed by atoms with van der Waals surface area (Å²) in [6, 6.07) is 9.25. The molecule has 0 fully saturated rings. The molecule has 3 nitrogen and oxygen atoms in total. The first-order valence-corrected chi connectivity index (χ1v) is 7.69. The highest BCUT2D eigenvalue weighted by Crippen LogP contribution is 2.35. The molecule has 0 aliphatic rings. The van der Waals surface area contributed by atoms with Crippen molar-refractivity contribution < 1.29 is 9.47 Å². The summed E-state index contributed by atoms with van der Waals surface area (Å²) in [4.78, 5) is 0. The van der Waals surface area contributed by atoms with Crippen LogP contribution in [0.25, 0.3) is 0 Å². The maximum Gasteiger partial charge on any atom is 0.165 e. The number of methoxy groups -OCH3 is 2. The smallest absolute Gasteiger partial charge is 0.165 e. The number of hydrogen-bond donors (Lipinski definition) is 1. The van der Waals surface area contributed by atoms with Crippen molar-refractivity contribution >= 4 is 44.8 Å². The van der Waals surface area contributed by atoms with Crippen molar-refractivity contribution in [2.75, 3.05) is 19.5 Å². The van der Waals surface area contributed by atoms with E-state index in [4.69, 9.17) is 32.7 Å². The fourth-order valence-corrected chi connectivity index (χ4v) is 2.72. The summed E-state index contributed by atoms with van der Waals surface area (Å²) in [5.41, 5.74) is 1.85. The molecular formula is C15H14BrCl2NO2. The topological polar surface area (TPSA) is 30.5 Å². The minimum atomic E-state index is 0.514. The predicted octanol–water partition coefficient (Wildman–Crippen LogP) is 5.39. The van der Waals surface area contributed by atoms with Crippen LogP contribution in [0.2, 0.25) is 10.0 Å². The lowest BCUT2D eigenvalue weighted by atomic mass is 10.1. The van der Waals surface area contributed by atoms with Crippen molar-refractivity contribution in [3.05, 3.63) is 50.4 Å². The Hall–Kier alpha value is -1.10. The summed E-state index contributed by atoms with van der Waals surface area (Å²) in [5, 5.41) is 4.33. The molecule has 0 saturated heterocycles. The van der Waals surface area contributed by atoms with Gasteiger partial charge in [-0.25, -0.2) is 0 Å². The van der Waals surface area contributed by atoms with E-state index in [0.29, 0.717) is 28.1 Å². The maximum atomic E-state index is 6.00. The molecule has 112 valence electrons. The quantitative estimate of drug-likeness (QED) is 0.742. The van der Waals surface area contributed by atoms with Gasteiger partial charge in [-0.2, -0.15) is 0 Å². The monoisotopic (exact) mass is 389 g/mol. The molecule has 6 heteroatoms. The predicted molar refractivity (Wildman–Crippen MR) is 91.0 cm³/mol. The molecule has 0 saturated carbocycles. The molecule has 0 amide bonds. The zero-order valence-corrected chi connectivity index (χ0v) is 14.6. The average Bonchev–Trinajstić information content (AvgIpc) is 2.47. The van der Waals surface area contributed by atoms with Gasteiger partial charge in [0.25, 0.3) is 0 Å². The number of benzene rings is 2. The molecule has 0 radical (unpaired) electrons. The van der Waals surface area contributed by atoms with E-state index >= 15 is 0 Å². The Morgan fingerprint density at radius 2 is 1.81 bits per heavy atom. The molecule has 0 aliphatic carbocycles. The normalized spacial score (nSPS) is 10.3. The van der Waals surface area contributed by atoms with Gasteiger partial charge in [-0.1, -0.05) is 39.1 Å². The summed E-state index contributed by atoms with van der Waals surface area (Å²) >= 11 is 15.4. The van der Waals surface area contributed by atoms with Crippen molar-refractivity contribution in [3.63, 3.8) is 0 Å². The van der Waals surface area contributed by atoms with E-state index in [1.165, 1.54) is 0 Å². The van der Waals surface area contributed by atoms with E-state index in [1.54, 1.807) is 26.4 Å². The highest BCUT2D eigenvalue weighted by molar-refractivity contribution is 9.10. The molecule has 2 aromatic rings. The lowest BCUT2D eigenvalue weighted by molar-refractivity contribution is 0.352. The molecule has 0 aromatic heterocycles. The molecule has 0 aliphatic heterocycles. The molecule has 1 N–H and O–H groups in total. The summed E-state index contributed by atoms with van der Waals surface area (Å²) in [5.74, 6) is 1.38. The maximum absolute atomic E-state index is 6.00. The van der Waals surface area contributed by atoms with Gasteiger partial charge in [0.15, 0.2) is 11.5 Å². The van der Waals surface area contributed by atoms with Gasteiger partial charge in [0, 0.05) is 22.3 Å². The lowest BCUT2D eigenvalue weighted by Gasteiger charge is -2.15. The van der Waals surface area contributed by atoms with Gasteiger partial charge in [0.2, 0.25) is 0 Å². The van der Waals surface area contributed by atoms with Gasteiger partial charge < -0.3 is 14.8 Å². The van der Waals surface area contributed by atoms with Crippen LogP contribution >= 0.6 is 39.1 Å². The second-order valence-electron chi connectivity index (χ2n) is 4.28. The summed E-state index contributed by atoms with van der Waals surface area (Å²) < 4.78 is 11.7. The van der Waals surface area contributed by atoms with Crippen LogP contribution in [0.4, 0.5) is 5.69 Å². The van der Waals surface area contributed by atoms with Crippen LogP contribution in [0.3, 0.4) is 0 Å². The van der Waals surface area contributed by atoms with Crippen LogP contribution in [0.1, 0.15) is 5.56 Å². The second kappa shape index (κ2) is 7.25. The number of anilines is 1. The number of hydrogen-bond acceptors (Lipinski definition) is 3. The van der Waals surface area contributed by atoms with E-state index in [0.717, 1.165) is 15.7 Å². The third-order valence-electron chi connectivity index (χ3n) is 2.92. The first kappa shape index (κ1) is 16.3. The Balaban J connectivity index is 2.22. The van der Waals surface area contributed by atoms with Crippen LogP contribution in [0.5, 0.6) is 11.5 Å². The first-order chi connectivity index (χ1) is 10.0. The molecule has 0 unspecified atom stereocenters. The number of rotatable bonds is 5. The average molecular weight is 391 g/mol. The fraction of sp³-hybridized carbons (Fsp3) is 0.200. The van der Waals surface area contributed by atoms with E-state index < -0.39 is 0 Å². The Bertz CT molecular complexity index is 650. The highest BCUT2D eigenvalue weighted by Gasteiger charge is 2.11. The van der Waals surface area contributed by atoms with Crippen molar-refractivity contribution in [1.82, 2.24) is 0 Å². The van der Waals surface area contributed by atoms with Crippen molar-refractivity contribution in [2.45, 2.75) is 6.54 Å². The Kier molecular flexibility index (Phi) is 5.62. The van der Waals surface area contributed by atoms with Gasteiger partial charge in [0.05, 0.1) is 24.3 Å². The minimum Gasteiger partial charge on any atom is -0.493 e. The van der Waals surface area contributed by atoms with Crippen molar-refractivity contribution in [3.8, 4) is 11.5 Å². The summed E-state index contributed by atoms with van der Waals surface area (Å²) in [6.07, 6.45) is 0. The Labute approximate surface area is 142 Å². The van der Waals surface area contributed by atoms with Crippen LogP contribution in [0.15, 0.2) is 34.8 Å². The van der Waals surface area contributed by atoms with Gasteiger partial charge in [-0.05, 0) is 30.3 Å². The molecule has 0 atom stereocenters. The Morgan fingerprint density at radius 3 is 2.43 bits per heavy atom. The highest BCUT2D eigenvalue weighted by atomic mass is 79.9. The summed E-state index contributed by atoms with van der Waals surface area (Å²) in [7, 11) is 3.23. The Morgan fingerprint density at radius 1 is 1.05 bits per heavy atom. The molecule has 0 heterocycles. The van der Waals surface area contributed by atoms with Gasteiger partial charge >= 0.3 is 0 Å². The standard InChI is InChI=1S/C15H14BrCl2NO2/c1-20-14-6-10(16)5-9(15(14)21-2)8-19-11-3-4-12(17)13(18)7-11/h3-7,19H,8H2,1-2H3. The number of nitrogens with one attached hydrogen (secondary N) is 1. The molecular weight excluding hydrogens is 377 g/mol. The van der Waals surface area contributed by atoms with Gasteiger partial charge in [0.1, 0.15) is 0 Å². The molecule has 2 rings (SSSR count). The van der Waals surface area contributed by atoms with Crippen LogP contribution in [0, 0.1) is 0 Å². The largest absolute Gasteiger partial charge is 0.493 e. The van der Waals surface area contributed by atoms with E-state index in [1.807, 2.05) is 18.2 Å². The first-order valence-electron chi connectivity index (χ1n) is 6.14. The van der Waals surface area contributed by atoms with E-state index in [-0.39, 0.29) is 0 Å². The van der Waals surface area contributed by atoms with Crippen LogP contribution in [-0.4, -0.2) is 14.2 Å². The van der Waals surface area contributed by atoms with Crippen LogP contribution < -0.4 is 14.8 Å². The molecule has 0 spiro atoms. The molecule has 2 aromatic carbocycles.